The van der Waals surface area contributed by atoms with Crippen molar-refractivity contribution in [3.05, 3.63) is 158 Å². The summed E-state index contributed by atoms with van der Waals surface area (Å²) < 4.78 is 16.8. The van der Waals surface area contributed by atoms with Crippen LogP contribution in [0.2, 0.25) is 0 Å². The fourth-order valence-corrected chi connectivity index (χ4v) is 8.82. The van der Waals surface area contributed by atoms with Gasteiger partial charge in [-0.05, 0) is 135 Å². The van der Waals surface area contributed by atoms with Gasteiger partial charge in [-0.15, -0.1) is 0 Å². The number of carbonyl (C=O) groups excluding carboxylic acids is 3. The first-order valence-electron chi connectivity index (χ1n) is 33.5. The van der Waals surface area contributed by atoms with Crippen LogP contribution in [-0.4, -0.2) is 37.2 Å². The monoisotopic (exact) mass is 1130 g/mol. The minimum absolute atomic E-state index is 0.110. The van der Waals surface area contributed by atoms with Gasteiger partial charge in [-0.1, -0.05) is 288 Å². The number of rotatable bonds is 59. The van der Waals surface area contributed by atoms with Crippen molar-refractivity contribution in [3.8, 4) is 0 Å². The van der Waals surface area contributed by atoms with Crippen LogP contribution in [0.1, 0.15) is 284 Å². The molecule has 0 saturated heterocycles. The molecule has 0 aliphatic heterocycles. The maximum Gasteiger partial charge on any atom is 0.306 e. The highest BCUT2D eigenvalue weighted by Crippen LogP contribution is 2.15. The lowest BCUT2D eigenvalue weighted by Gasteiger charge is -2.18. The van der Waals surface area contributed by atoms with Crippen LogP contribution in [0.15, 0.2) is 158 Å². The first kappa shape index (κ1) is 77.0. The van der Waals surface area contributed by atoms with Gasteiger partial charge in [0.05, 0.1) is 0 Å². The molecule has 462 valence electrons. The summed E-state index contributed by atoms with van der Waals surface area (Å²) in [4.78, 5) is 38.3. The molecule has 0 spiro atoms. The van der Waals surface area contributed by atoms with Gasteiger partial charge in [0.1, 0.15) is 13.2 Å². The Morgan fingerprint density at radius 2 is 0.500 bits per heavy atom. The predicted molar refractivity (Wildman–Crippen MR) is 357 cm³/mol. The van der Waals surface area contributed by atoms with E-state index in [-0.39, 0.29) is 37.5 Å². The Balaban J connectivity index is 4.31. The van der Waals surface area contributed by atoms with Crippen LogP contribution < -0.4 is 0 Å². The summed E-state index contributed by atoms with van der Waals surface area (Å²) in [5, 5.41) is 0. The maximum atomic E-state index is 12.9. The van der Waals surface area contributed by atoms with Crippen molar-refractivity contribution in [2.75, 3.05) is 13.2 Å². The number of allylic oxidation sites excluding steroid dienone is 26. The lowest BCUT2D eigenvalue weighted by molar-refractivity contribution is -0.166. The Kier molecular flexibility index (Phi) is 64.4. The molecule has 6 heteroatoms. The molecule has 1 atom stereocenters. The predicted octanol–water partition coefficient (Wildman–Crippen LogP) is 23.3. The van der Waals surface area contributed by atoms with E-state index in [1.807, 2.05) is 6.08 Å². The zero-order chi connectivity index (χ0) is 59.2. The van der Waals surface area contributed by atoms with Gasteiger partial charge < -0.3 is 14.2 Å². The van der Waals surface area contributed by atoms with Gasteiger partial charge in [0, 0.05) is 19.3 Å². The van der Waals surface area contributed by atoms with Gasteiger partial charge in [-0.2, -0.15) is 0 Å². The molecular formula is C76H122O6. The smallest absolute Gasteiger partial charge is 0.306 e. The molecule has 1 unspecified atom stereocenters. The Hall–Kier alpha value is -4.97. The van der Waals surface area contributed by atoms with E-state index in [1.54, 1.807) is 0 Å². The standard InChI is InChI=1S/C76H122O6/c1-4-7-10-13-16-19-22-25-27-29-31-32-33-34-35-36-37-38-39-40-41-42-43-44-45-47-48-51-54-57-60-63-66-69-75(78)81-72-73(71-80-74(77)68-65-62-59-56-53-50-24-21-18-15-12-9-6-3)82-76(79)70-67-64-61-58-55-52-49-46-30-28-26-23-20-17-14-11-8-5-2/h7,9-10,12,16,18-21,23,25,27-28,30-32,34-35,37-38,40-41,50,53,59,62,73H,4-6,8,11,13-15,17,22,24,26,29,33,36,39,42-49,51-52,54-58,60-61,63-72H2,1-3H3/b10-7-,12-9-,19-16-,21-18-,23-20-,27-25-,30-28-,32-31-,35-34-,38-37-,41-40-,53-50-,62-59-. The normalized spacial score (nSPS) is 13.2. The van der Waals surface area contributed by atoms with Crippen LogP contribution in [0, 0.1) is 0 Å². The lowest BCUT2D eigenvalue weighted by Crippen LogP contribution is -2.30. The Labute approximate surface area is 505 Å². The van der Waals surface area contributed by atoms with E-state index in [1.165, 1.54) is 116 Å². The zero-order valence-corrected chi connectivity index (χ0v) is 52.9. The highest BCUT2D eigenvalue weighted by molar-refractivity contribution is 5.71. The molecule has 0 aromatic heterocycles. The van der Waals surface area contributed by atoms with Crippen molar-refractivity contribution in [1.82, 2.24) is 0 Å². The second kappa shape index (κ2) is 68.5. The third-order valence-electron chi connectivity index (χ3n) is 13.8. The van der Waals surface area contributed by atoms with Crippen molar-refractivity contribution in [1.29, 1.82) is 0 Å². The molecule has 0 aromatic carbocycles. The van der Waals surface area contributed by atoms with Crippen LogP contribution in [0.5, 0.6) is 0 Å². The van der Waals surface area contributed by atoms with Gasteiger partial charge in [0.15, 0.2) is 6.10 Å². The molecule has 0 bridgehead atoms. The van der Waals surface area contributed by atoms with Crippen LogP contribution in [-0.2, 0) is 28.6 Å². The van der Waals surface area contributed by atoms with Crippen molar-refractivity contribution in [3.63, 3.8) is 0 Å². The van der Waals surface area contributed by atoms with Crippen molar-refractivity contribution in [2.45, 2.75) is 290 Å². The first-order valence-corrected chi connectivity index (χ1v) is 33.5. The molecule has 0 aromatic rings. The summed E-state index contributed by atoms with van der Waals surface area (Å²) in [6.07, 6.45) is 99.9. The fourth-order valence-electron chi connectivity index (χ4n) is 8.82. The number of esters is 3. The largest absolute Gasteiger partial charge is 0.462 e. The first-order chi connectivity index (χ1) is 40.5. The van der Waals surface area contributed by atoms with Crippen molar-refractivity contribution >= 4 is 17.9 Å². The number of hydrogen-bond acceptors (Lipinski definition) is 6. The SMILES string of the molecule is CC/C=C\C/C=C\C/C=C\C/C=C\C/C=C\C/C=C\C/C=C\CCCCCCCCCCCCCC(=O)OCC(COC(=O)CC/C=C\C/C=C\C/C=C\C/C=C\CC)OC(=O)CCCCCCCCC/C=C\C/C=C\CCCCCC. The highest BCUT2D eigenvalue weighted by atomic mass is 16.6. The molecule has 0 rings (SSSR count). The minimum atomic E-state index is -0.820. The van der Waals surface area contributed by atoms with Gasteiger partial charge >= 0.3 is 17.9 Å². The zero-order valence-electron chi connectivity index (χ0n) is 52.9. The molecule has 0 aliphatic carbocycles. The summed E-state index contributed by atoms with van der Waals surface area (Å²) in [6, 6.07) is 0. The van der Waals surface area contributed by atoms with Crippen LogP contribution in [0.25, 0.3) is 0 Å². The summed E-state index contributed by atoms with van der Waals surface area (Å²) in [5.74, 6) is -1.01. The molecule has 0 heterocycles. The summed E-state index contributed by atoms with van der Waals surface area (Å²) in [5.41, 5.74) is 0. The molecule has 82 heavy (non-hydrogen) atoms. The second-order valence-corrected chi connectivity index (χ2v) is 21.6. The van der Waals surface area contributed by atoms with Crippen molar-refractivity contribution < 1.29 is 28.6 Å². The average Bonchev–Trinajstić information content (AvgIpc) is 3.47. The van der Waals surface area contributed by atoms with E-state index in [4.69, 9.17) is 14.2 Å². The van der Waals surface area contributed by atoms with Crippen LogP contribution in [0.4, 0.5) is 0 Å². The van der Waals surface area contributed by atoms with E-state index in [0.717, 1.165) is 122 Å². The number of ether oxygens (including phenoxy) is 3. The molecule has 0 saturated carbocycles. The second-order valence-electron chi connectivity index (χ2n) is 21.6. The highest BCUT2D eigenvalue weighted by Gasteiger charge is 2.19. The van der Waals surface area contributed by atoms with Crippen molar-refractivity contribution in [2.24, 2.45) is 0 Å². The van der Waals surface area contributed by atoms with Crippen LogP contribution >= 0.6 is 0 Å². The molecular weight excluding hydrogens is 1010 g/mol. The Bertz CT molecular complexity index is 1830. The van der Waals surface area contributed by atoms with Gasteiger partial charge in [-0.3, -0.25) is 14.4 Å². The van der Waals surface area contributed by atoms with Gasteiger partial charge in [0.25, 0.3) is 0 Å². The summed E-state index contributed by atoms with van der Waals surface area (Å²) >= 11 is 0. The summed E-state index contributed by atoms with van der Waals surface area (Å²) in [6.45, 7) is 6.32. The molecule has 0 radical (unpaired) electrons. The molecule has 6 nitrogen and oxygen atoms in total. The number of hydrogen-bond donors (Lipinski definition) is 0. The molecule has 0 fully saturated rings. The topological polar surface area (TPSA) is 78.9 Å². The van der Waals surface area contributed by atoms with E-state index < -0.39 is 6.10 Å². The van der Waals surface area contributed by atoms with Crippen LogP contribution in [0.3, 0.4) is 0 Å². The average molecular weight is 1130 g/mol. The quantitative estimate of drug-likeness (QED) is 0.0261. The summed E-state index contributed by atoms with van der Waals surface area (Å²) in [7, 11) is 0. The minimum Gasteiger partial charge on any atom is -0.462 e. The van der Waals surface area contributed by atoms with E-state index in [9.17, 15) is 14.4 Å². The number of carbonyl (C=O) groups is 3. The lowest BCUT2D eigenvalue weighted by atomic mass is 10.0. The number of unbranched alkanes of at least 4 members (excludes halogenated alkanes) is 22. The van der Waals surface area contributed by atoms with E-state index >= 15 is 0 Å². The van der Waals surface area contributed by atoms with E-state index in [2.05, 4.69) is 173 Å². The third-order valence-corrected chi connectivity index (χ3v) is 13.8. The maximum absolute atomic E-state index is 12.9. The Morgan fingerprint density at radius 1 is 0.256 bits per heavy atom. The molecule has 0 N–H and O–H groups in total. The molecule has 0 amide bonds. The van der Waals surface area contributed by atoms with E-state index in [0.29, 0.717) is 19.3 Å². The third kappa shape index (κ3) is 65.8. The fraction of sp³-hybridized carbons (Fsp3) is 0.618. The van der Waals surface area contributed by atoms with Gasteiger partial charge in [0.2, 0.25) is 0 Å². The molecule has 0 aliphatic rings. The van der Waals surface area contributed by atoms with Gasteiger partial charge in [-0.25, -0.2) is 0 Å². The Morgan fingerprint density at radius 3 is 0.817 bits per heavy atom.